The second-order valence-electron chi connectivity index (χ2n) is 5.73. The molecule has 0 fully saturated rings. The highest BCUT2D eigenvalue weighted by Gasteiger charge is 2.32. The van der Waals surface area contributed by atoms with Crippen molar-refractivity contribution in [1.82, 2.24) is 4.98 Å². The van der Waals surface area contributed by atoms with Crippen molar-refractivity contribution in [1.29, 1.82) is 5.26 Å². The second kappa shape index (κ2) is 8.81. The topological polar surface area (TPSA) is 70.8 Å². The monoisotopic (exact) mass is 486 g/mol. The molecule has 0 aliphatic carbocycles. The maximum Gasteiger partial charge on any atom is 0.417 e. The summed E-state index contributed by atoms with van der Waals surface area (Å²) in [6.07, 6.45) is -3.04. The number of nitrogens with zero attached hydrogens (tertiary/aromatic N) is 2. The van der Waals surface area contributed by atoms with Crippen LogP contribution in [0.5, 0.6) is 0 Å². The summed E-state index contributed by atoms with van der Waals surface area (Å²) in [5.74, 6) is 0. The highest BCUT2D eigenvalue weighted by molar-refractivity contribution is 8.01. The number of hydrogen-bond donors (Lipinski definition) is 0. The minimum atomic E-state index is -4.65. The zero-order valence-electron chi connectivity index (χ0n) is 14.7. The Morgan fingerprint density at radius 1 is 1.17 bits per heavy atom. The molecule has 0 aliphatic rings. The summed E-state index contributed by atoms with van der Waals surface area (Å²) in [6.45, 7) is 0. The number of hydrogen-bond acceptors (Lipinski definition) is 6. The largest absolute Gasteiger partial charge is 0.417 e. The zero-order valence-corrected chi connectivity index (χ0v) is 17.9. The van der Waals surface area contributed by atoms with Crippen molar-refractivity contribution in [2.45, 2.75) is 20.3 Å². The van der Waals surface area contributed by atoms with Crippen LogP contribution in [0.4, 0.5) is 13.2 Å². The van der Waals surface area contributed by atoms with Crippen molar-refractivity contribution in [2.75, 3.05) is 0 Å². The Morgan fingerprint density at radius 2 is 1.87 bits per heavy atom. The summed E-state index contributed by atoms with van der Waals surface area (Å²) in [7, 11) is -4.39. The molecule has 154 valence electrons. The van der Waals surface area contributed by atoms with Crippen LogP contribution in [0.15, 0.2) is 73.1 Å². The van der Waals surface area contributed by atoms with Crippen molar-refractivity contribution in [3.8, 4) is 6.07 Å². The van der Waals surface area contributed by atoms with Crippen LogP contribution in [0.25, 0.3) is 6.08 Å². The first-order valence-electron chi connectivity index (χ1n) is 8.02. The van der Waals surface area contributed by atoms with E-state index < -0.39 is 31.5 Å². The number of thiophene rings is 1. The summed E-state index contributed by atoms with van der Waals surface area (Å²) in [5, 5.41) is 11.1. The van der Waals surface area contributed by atoms with Crippen LogP contribution in [0.3, 0.4) is 0 Å². The standard InChI is InChI=1S/C19H10ClF3N2O2S3/c20-14-2-4-15(5-3-14)29-18-12(7-8-28-18)9-16(10-24)30(26,27)17-6-1-13(11-25-17)19(21,22)23/h1-9,11H. The first-order valence-corrected chi connectivity index (χ1v) is 11.6. The fourth-order valence-corrected chi connectivity index (χ4v) is 5.41. The van der Waals surface area contributed by atoms with E-state index in [1.165, 1.54) is 29.2 Å². The van der Waals surface area contributed by atoms with Crippen LogP contribution >= 0.6 is 34.7 Å². The van der Waals surface area contributed by atoms with Gasteiger partial charge in [0.15, 0.2) is 9.93 Å². The minimum absolute atomic E-state index is 0.425. The third-order valence-electron chi connectivity index (χ3n) is 3.71. The Balaban J connectivity index is 1.93. The van der Waals surface area contributed by atoms with Gasteiger partial charge in [0, 0.05) is 21.7 Å². The lowest BCUT2D eigenvalue weighted by molar-refractivity contribution is -0.137. The number of aromatic nitrogens is 1. The average molecular weight is 487 g/mol. The predicted molar refractivity (Wildman–Crippen MR) is 110 cm³/mol. The number of pyridine rings is 1. The van der Waals surface area contributed by atoms with Gasteiger partial charge in [0.1, 0.15) is 6.07 Å². The Kier molecular flexibility index (Phi) is 6.57. The quantitative estimate of drug-likeness (QED) is 0.395. The molecular formula is C19H10ClF3N2O2S3. The van der Waals surface area contributed by atoms with Crippen LogP contribution < -0.4 is 0 Å². The molecule has 0 aliphatic heterocycles. The summed E-state index contributed by atoms with van der Waals surface area (Å²) in [4.78, 5) is 3.64. The van der Waals surface area contributed by atoms with E-state index in [4.69, 9.17) is 11.6 Å². The summed E-state index contributed by atoms with van der Waals surface area (Å²) >= 11 is 8.58. The molecule has 0 N–H and O–H groups in total. The molecule has 0 atom stereocenters. The lowest BCUT2D eigenvalue weighted by Crippen LogP contribution is -2.09. The predicted octanol–water partition coefficient (Wildman–Crippen LogP) is 6.30. The van der Waals surface area contributed by atoms with Gasteiger partial charge in [0.05, 0.1) is 9.77 Å². The van der Waals surface area contributed by atoms with Gasteiger partial charge in [-0.15, -0.1) is 11.3 Å². The molecule has 0 saturated heterocycles. The van der Waals surface area contributed by atoms with E-state index in [0.29, 0.717) is 22.8 Å². The summed E-state index contributed by atoms with van der Waals surface area (Å²) < 4.78 is 64.2. The first kappa shape index (κ1) is 22.4. The lowest BCUT2D eigenvalue weighted by Gasteiger charge is -2.07. The van der Waals surface area contributed by atoms with E-state index >= 15 is 0 Å². The van der Waals surface area contributed by atoms with Crippen molar-refractivity contribution >= 4 is 50.6 Å². The highest BCUT2D eigenvalue weighted by atomic mass is 35.5. The molecule has 0 unspecified atom stereocenters. The molecule has 0 radical (unpaired) electrons. The van der Waals surface area contributed by atoms with Crippen molar-refractivity contribution in [2.24, 2.45) is 0 Å². The maximum atomic E-state index is 12.7. The van der Waals surface area contributed by atoms with Gasteiger partial charge in [-0.05, 0) is 53.9 Å². The number of nitriles is 1. The second-order valence-corrected chi connectivity index (χ2v) is 10.3. The fraction of sp³-hybridized carbons (Fsp3) is 0.0526. The molecular weight excluding hydrogens is 477 g/mol. The number of allylic oxidation sites excluding steroid dienone is 1. The van der Waals surface area contributed by atoms with Crippen LogP contribution in [0.2, 0.25) is 5.02 Å². The van der Waals surface area contributed by atoms with Gasteiger partial charge >= 0.3 is 6.18 Å². The van der Waals surface area contributed by atoms with Gasteiger partial charge in [-0.25, -0.2) is 13.4 Å². The van der Waals surface area contributed by atoms with Crippen molar-refractivity contribution in [3.05, 3.63) is 75.1 Å². The SMILES string of the molecule is N#CC(=Cc1ccsc1Sc1ccc(Cl)cc1)S(=O)(=O)c1ccc(C(F)(F)F)cn1. The van der Waals surface area contributed by atoms with Crippen LogP contribution in [0.1, 0.15) is 11.1 Å². The first-order chi connectivity index (χ1) is 14.1. The molecule has 1 aromatic carbocycles. The van der Waals surface area contributed by atoms with Gasteiger partial charge in [-0.3, -0.25) is 0 Å². The van der Waals surface area contributed by atoms with Crippen molar-refractivity contribution < 1.29 is 21.6 Å². The van der Waals surface area contributed by atoms with E-state index in [1.54, 1.807) is 41.8 Å². The number of rotatable bonds is 5. The molecule has 2 heterocycles. The normalized spacial score (nSPS) is 12.6. The molecule has 0 amide bonds. The molecule has 0 bridgehead atoms. The number of benzene rings is 1. The Morgan fingerprint density at radius 3 is 2.43 bits per heavy atom. The molecule has 30 heavy (non-hydrogen) atoms. The molecule has 2 aromatic heterocycles. The number of halogens is 4. The Bertz CT molecular complexity index is 1230. The minimum Gasteiger partial charge on any atom is -0.244 e. The molecule has 4 nitrogen and oxygen atoms in total. The van der Waals surface area contributed by atoms with E-state index in [2.05, 4.69) is 4.98 Å². The van der Waals surface area contributed by atoms with Crippen LogP contribution in [-0.2, 0) is 16.0 Å². The van der Waals surface area contributed by atoms with Gasteiger partial charge < -0.3 is 0 Å². The van der Waals surface area contributed by atoms with E-state index in [-0.39, 0.29) is 0 Å². The maximum absolute atomic E-state index is 12.7. The molecule has 0 saturated carbocycles. The van der Waals surface area contributed by atoms with Crippen molar-refractivity contribution in [3.63, 3.8) is 0 Å². The highest BCUT2D eigenvalue weighted by Crippen LogP contribution is 2.37. The Hall–Kier alpha value is -2.32. The van der Waals surface area contributed by atoms with E-state index in [0.717, 1.165) is 15.2 Å². The lowest BCUT2D eigenvalue weighted by atomic mass is 10.3. The molecule has 11 heteroatoms. The van der Waals surface area contributed by atoms with Crippen LogP contribution in [-0.4, -0.2) is 13.4 Å². The van der Waals surface area contributed by atoms with E-state index in [1.807, 2.05) is 0 Å². The smallest absolute Gasteiger partial charge is 0.244 e. The fourth-order valence-electron chi connectivity index (χ4n) is 2.24. The number of alkyl halides is 3. The van der Waals surface area contributed by atoms with Gasteiger partial charge in [0.2, 0.25) is 9.84 Å². The van der Waals surface area contributed by atoms with Gasteiger partial charge in [-0.2, -0.15) is 18.4 Å². The van der Waals surface area contributed by atoms with Crippen LogP contribution in [0, 0.1) is 11.3 Å². The average Bonchev–Trinajstić information content (AvgIpc) is 3.13. The molecule has 3 rings (SSSR count). The molecule has 3 aromatic rings. The molecule has 0 spiro atoms. The summed E-state index contributed by atoms with van der Waals surface area (Å²) in [5.41, 5.74) is -0.588. The number of sulfone groups is 1. The van der Waals surface area contributed by atoms with Gasteiger partial charge in [0.25, 0.3) is 0 Å². The van der Waals surface area contributed by atoms with Gasteiger partial charge in [-0.1, -0.05) is 23.4 Å². The zero-order chi connectivity index (χ0) is 21.9. The third-order valence-corrected chi connectivity index (χ3v) is 7.73. The summed E-state index contributed by atoms with van der Waals surface area (Å²) in [6, 6.07) is 11.6. The third kappa shape index (κ3) is 5.05. The van der Waals surface area contributed by atoms with E-state index in [9.17, 15) is 26.9 Å². The Labute approximate surface area is 183 Å².